The Bertz CT molecular complexity index is 1200. The van der Waals surface area contributed by atoms with Crippen molar-refractivity contribution in [3.8, 4) is 22.3 Å². The Morgan fingerprint density at radius 2 is 1.40 bits per heavy atom. The second-order valence-electron chi connectivity index (χ2n) is 9.00. The van der Waals surface area contributed by atoms with Crippen LogP contribution < -0.4 is 0 Å². The van der Waals surface area contributed by atoms with Gasteiger partial charge >= 0.3 is 5.97 Å². The fourth-order valence-corrected chi connectivity index (χ4v) is 3.70. The Morgan fingerprint density at radius 3 is 1.97 bits per heavy atom. The van der Waals surface area contributed by atoms with E-state index < -0.39 is 0 Å². The van der Waals surface area contributed by atoms with Crippen LogP contribution in [0.2, 0.25) is 0 Å². The first-order valence-electron chi connectivity index (χ1n) is 12.2. The van der Waals surface area contributed by atoms with Crippen LogP contribution in [0.15, 0.2) is 97.2 Å². The molecule has 3 heteroatoms. The highest BCUT2D eigenvalue weighted by atomic mass is 16.5. The highest BCUT2D eigenvalue weighted by Crippen LogP contribution is 2.24. The summed E-state index contributed by atoms with van der Waals surface area (Å²) in [4.78, 5) is 15.9. The number of carbonyl (C=O) groups is 1. The first kappa shape index (κ1) is 25.9. The number of hydrogen-bond acceptors (Lipinski definition) is 3. The predicted octanol–water partition coefficient (Wildman–Crippen LogP) is 8.53. The molecule has 0 amide bonds. The minimum absolute atomic E-state index is 0.303. The number of pyridine rings is 1. The molecule has 0 spiro atoms. The lowest BCUT2D eigenvalue weighted by Crippen LogP contribution is -2.00. The maximum Gasteiger partial charge on any atom is 0.337 e. The van der Waals surface area contributed by atoms with Gasteiger partial charge in [-0.25, -0.2) is 4.79 Å². The summed E-state index contributed by atoms with van der Waals surface area (Å²) in [6.45, 7) is 8.76. The monoisotopic (exact) mass is 465 g/mol. The Balaban J connectivity index is 0.000000198. The molecule has 35 heavy (non-hydrogen) atoms. The van der Waals surface area contributed by atoms with Gasteiger partial charge in [0.15, 0.2) is 0 Å². The number of carbonyl (C=O) groups excluding carboxylic acids is 1. The minimum Gasteiger partial charge on any atom is -0.465 e. The third kappa shape index (κ3) is 7.13. The van der Waals surface area contributed by atoms with E-state index in [9.17, 15) is 4.79 Å². The smallest absolute Gasteiger partial charge is 0.337 e. The number of methoxy groups -OCH3 is 1. The van der Waals surface area contributed by atoms with Crippen LogP contribution >= 0.6 is 0 Å². The van der Waals surface area contributed by atoms with Gasteiger partial charge in [-0.15, -0.1) is 0 Å². The highest BCUT2D eigenvalue weighted by Gasteiger charge is 2.07. The van der Waals surface area contributed by atoms with Crippen molar-refractivity contribution in [1.29, 1.82) is 0 Å². The van der Waals surface area contributed by atoms with Gasteiger partial charge in [0.25, 0.3) is 0 Å². The van der Waals surface area contributed by atoms with Gasteiger partial charge in [-0.3, -0.25) is 4.98 Å². The first-order valence-corrected chi connectivity index (χ1v) is 12.2. The van der Waals surface area contributed by atoms with E-state index in [0.717, 1.165) is 12.0 Å². The molecule has 0 aliphatic heterocycles. The standard InChI is InChI=1S/C17H18O2.C15H17N/c1-12(2)15-5-4-6-16(11-15)13-7-9-14(10-8-13)17(18)19-3;1-3-12(2)15-10-9-14(11-16-15)13-7-5-4-6-8-13/h4-12H,1-3H3;4-12H,3H2,1-2H3. The second-order valence-corrected chi connectivity index (χ2v) is 9.00. The van der Waals surface area contributed by atoms with Gasteiger partial charge < -0.3 is 4.74 Å². The quantitative estimate of drug-likeness (QED) is 0.268. The zero-order valence-corrected chi connectivity index (χ0v) is 21.4. The third-order valence-electron chi connectivity index (χ3n) is 6.20. The number of benzene rings is 3. The van der Waals surface area contributed by atoms with Crippen molar-refractivity contribution in [2.75, 3.05) is 7.11 Å². The van der Waals surface area contributed by atoms with Gasteiger partial charge in [0, 0.05) is 17.5 Å². The molecule has 0 aliphatic rings. The molecule has 3 aromatic carbocycles. The number of esters is 1. The maximum atomic E-state index is 11.4. The number of nitrogens with zero attached hydrogens (tertiary/aromatic N) is 1. The third-order valence-corrected chi connectivity index (χ3v) is 6.20. The molecule has 0 radical (unpaired) electrons. The first-order chi connectivity index (χ1) is 16.9. The molecule has 3 nitrogen and oxygen atoms in total. The number of ether oxygens (including phenoxy) is 1. The van der Waals surface area contributed by atoms with Crippen LogP contribution in [0.1, 0.15) is 67.6 Å². The minimum atomic E-state index is -0.303. The Kier molecular flexibility index (Phi) is 9.37. The zero-order chi connectivity index (χ0) is 25.2. The van der Waals surface area contributed by atoms with Gasteiger partial charge in [0.2, 0.25) is 0 Å². The van der Waals surface area contributed by atoms with Crippen LogP contribution in [-0.2, 0) is 4.74 Å². The molecule has 0 N–H and O–H groups in total. The van der Waals surface area contributed by atoms with Gasteiger partial charge in [0.05, 0.1) is 12.7 Å². The summed E-state index contributed by atoms with van der Waals surface area (Å²) in [5, 5.41) is 0. The molecule has 1 unspecified atom stereocenters. The molecule has 0 aliphatic carbocycles. The molecule has 0 saturated heterocycles. The molecule has 0 saturated carbocycles. The number of hydrogen-bond donors (Lipinski definition) is 0. The normalized spacial score (nSPS) is 11.4. The second kappa shape index (κ2) is 12.7. The summed E-state index contributed by atoms with van der Waals surface area (Å²) >= 11 is 0. The van der Waals surface area contributed by atoms with E-state index in [0.29, 0.717) is 17.4 Å². The van der Waals surface area contributed by atoms with Crippen molar-refractivity contribution < 1.29 is 9.53 Å². The Labute approximate surface area is 209 Å². The summed E-state index contributed by atoms with van der Waals surface area (Å²) < 4.78 is 4.69. The Hall–Kier alpha value is -3.72. The summed E-state index contributed by atoms with van der Waals surface area (Å²) in [6.07, 6.45) is 3.11. The van der Waals surface area contributed by atoms with Gasteiger partial charge in [0.1, 0.15) is 0 Å². The van der Waals surface area contributed by atoms with Crippen LogP contribution in [0, 0.1) is 0 Å². The van der Waals surface area contributed by atoms with Crippen molar-refractivity contribution >= 4 is 5.97 Å². The van der Waals surface area contributed by atoms with E-state index in [2.05, 4.69) is 93.3 Å². The van der Waals surface area contributed by atoms with E-state index in [1.807, 2.05) is 24.4 Å². The predicted molar refractivity (Wildman–Crippen MR) is 146 cm³/mol. The van der Waals surface area contributed by atoms with Crippen LogP contribution in [0.4, 0.5) is 0 Å². The van der Waals surface area contributed by atoms with E-state index >= 15 is 0 Å². The Morgan fingerprint density at radius 1 is 0.771 bits per heavy atom. The summed E-state index contributed by atoms with van der Waals surface area (Å²) in [5.74, 6) is 0.751. The number of rotatable bonds is 6. The fraction of sp³-hybridized carbons (Fsp3) is 0.250. The van der Waals surface area contributed by atoms with Gasteiger partial charge in [-0.1, -0.05) is 100 Å². The molecule has 1 atom stereocenters. The topological polar surface area (TPSA) is 39.2 Å². The van der Waals surface area contributed by atoms with Crippen molar-refractivity contribution in [2.24, 2.45) is 0 Å². The molecule has 0 fully saturated rings. The molecular weight excluding hydrogens is 430 g/mol. The van der Waals surface area contributed by atoms with E-state index in [1.54, 1.807) is 12.1 Å². The van der Waals surface area contributed by atoms with Crippen molar-refractivity contribution in [2.45, 2.75) is 46.0 Å². The molecule has 0 bridgehead atoms. The molecule has 180 valence electrons. The lowest BCUT2D eigenvalue weighted by molar-refractivity contribution is 0.0600. The lowest BCUT2D eigenvalue weighted by atomic mass is 9.97. The molecular formula is C32H35NO2. The van der Waals surface area contributed by atoms with Gasteiger partial charge in [-0.05, 0) is 58.7 Å². The van der Waals surface area contributed by atoms with Crippen molar-refractivity contribution in [3.63, 3.8) is 0 Å². The molecule has 4 rings (SSSR count). The number of aromatic nitrogens is 1. The largest absolute Gasteiger partial charge is 0.465 e. The van der Waals surface area contributed by atoms with Crippen LogP contribution in [-0.4, -0.2) is 18.1 Å². The zero-order valence-electron chi connectivity index (χ0n) is 21.4. The summed E-state index contributed by atoms with van der Waals surface area (Å²) in [7, 11) is 1.39. The van der Waals surface area contributed by atoms with Gasteiger partial charge in [-0.2, -0.15) is 0 Å². The van der Waals surface area contributed by atoms with Crippen LogP contribution in [0.25, 0.3) is 22.3 Å². The summed E-state index contributed by atoms with van der Waals surface area (Å²) in [5.41, 5.74) is 7.76. The van der Waals surface area contributed by atoms with Crippen LogP contribution in [0.5, 0.6) is 0 Å². The maximum absolute atomic E-state index is 11.4. The SMILES string of the molecule is CCC(C)c1ccc(-c2ccccc2)cn1.COC(=O)c1ccc(-c2cccc(C(C)C)c2)cc1. The van der Waals surface area contributed by atoms with E-state index in [-0.39, 0.29) is 5.97 Å². The molecule has 1 aromatic heterocycles. The molecule has 1 heterocycles. The van der Waals surface area contributed by atoms with Crippen LogP contribution in [0.3, 0.4) is 0 Å². The van der Waals surface area contributed by atoms with Crippen molar-refractivity contribution in [1.82, 2.24) is 4.98 Å². The fourth-order valence-electron chi connectivity index (χ4n) is 3.70. The van der Waals surface area contributed by atoms with E-state index in [1.165, 1.54) is 35.1 Å². The average molecular weight is 466 g/mol. The lowest BCUT2D eigenvalue weighted by Gasteiger charge is -2.08. The highest BCUT2D eigenvalue weighted by molar-refractivity contribution is 5.90. The average Bonchev–Trinajstić information content (AvgIpc) is 2.93. The van der Waals surface area contributed by atoms with E-state index in [4.69, 9.17) is 4.74 Å². The van der Waals surface area contributed by atoms with Crippen molar-refractivity contribution in [3.05, 3.63) is 114 Å². The summed E-state index contributed by atoms with van der Waals surface area (Å²) in [6, 6.07) is 30.6. The molecule has 4 aromatic rings.